The number of carbonyl (C=O) groups is 3. The lowest BCUT2D eigenvalue weighted by Gasteiger charge is -2.40. The molecular weight excluding hydrogens is 1070 g/mol. The van der Waals surface area contributed by atoms with Gasteiger partial charge in [-0.3, -0.25) is 9.98 Å². The highest BCUT2D eigenvalue weighted by atomic mass is 32.2. The number of methoxy groups -OCH3 is 2. The zero-order chi connectivity index (χ0) is 57.2. The van der Waals surface area contributed by atoms with Crippen LogP contribution >= 0.6 is 30.4 Å². The number of rotatable bonds is 17. The van der Waals surface area contributed by atoms with Crippen molar-refractivity contribution in [2.75, 3.05) is 55.6 Å². The van der Waals surface area contributed by atoms with E-state index in [2.05, 4.69) is 43.3 Å². The lowest BCUT2D eigenvalue weighted by atomic mass is 9.89. The van der Waals surface area contributed by atoms with Crippen LogP contribution in [0.3, 0.4) is 0 Å². The fourth-order valence-corrected chi connectivity index (χ4v) is 15.5. The summed E-state index contributed by atoms with van der Waals surface area (Å²) in [6.07, 6.45) is 3.05. The Morgan fingerprint density at radius 2 is 0.963 bits per heavy atom. The highest BCUT2D eigenvalue weighted by Crippen LogP contribution is 2.45. The van der Waals surface area contributed by atoms with Crippen molar-refractivity contribution in [3.05, 3.63) is 163 Å². The fraction of sp³-hybridized carbons (Fsp3) is 0.387. The number of benzene rings is 5. The maximum Gasteiger partial charge on any atom is 0.331 e. The highest BCUT2D eigenvalue weighted by Gasteiger charge is 2.50. The predicted molar refractivity (Wildman–Crippen MR) is 323 cm³/mol. The molecular formula is C62H75N4O11PS2. The summed E-state index contributed by atoms with van der Waals surface area (Å²) < 4.78 is 45.5. The Balaban J connectivity index is 0.000000174. The largest absolute Gasteiger partial charge is 0.497 e. The molecule has 0 aromatic heterocycles. The maximum absolute atomic E-state index is 12.5. The van der Waals surface area contributed by atoms with Crippen LogP contribution in [-0.4, -0.2) is 147 Å². The SMILES string of the molecule is CCOC(=O)/C=C/[C@H]1O[C@@H]2SC(N(C)C)=N[C@@H]2[C@@H](OCc2ccc(OC)cc2)[C@@H]1C.CCOC(=O)C=P(c1ccccc1)(c1ccccc1)c1ccccc1.COc1ccc(CO[C@H]2[C@H](C)[C@@H](C=O)O[C@@H]3SC(N(C)C)=N[C@H]23)cc1. The summed E-state index contributed by atoms with van der Waals surface area (Å²) in [6, 6.07) is 46.2. The number of carbonyl (C=O) groups excluding carboxylic acids is 3. The average molecular weight is 1150 g/mol. The third-order valence-corrected chi connectivity index (χ3v) is 20.3. The average Bonchev–Trinajstić information content (AvgIpc) is 4.15. The lowest BCUT2D eigenvalue weighted by molar-refractivity contribution is -0.150. The Labute approximate surface area is 480 Å². The zero-order valence-electron chi connectivity index (χ0n) is 47.2. The molecule has 0 amide bonds. The summed E-state index contributed by atoms with van der Waals surface area (Å²) in [5, 5.41) is 5.25. The Morgan fingerprint density at radius 3 is 1.34 bits per heavy atom. The number of thioether (sulfide) groups is 2. The minimum atomic E-state index is -2.24. The Bertz CT molecular complexity index is 2810. The van der Waals surface area contributed by atoms with Gasteiger partial charge in [0.15, 0.2) is 10.3 Å². The molecule has 0 spiro atoms. The van der Waals surface area contributed by atoms with Crippen LogP contribution in [0, 0.1) is 11.8 Å². The van der Waals surface area contributed by atoms with Crippen LogP contribution in [0.5, 0.6) is 11.5 Å². The molecule has 0 aliphatic carbocycles. The molecule has 4 aliphatic heterocycles. The smallest absolute Gasteiger partial charge is 0.331 e. The quantitative estimate of drug-likeness (QED) is 0.0377. The van der Waals surface area contributed by atoms with Crippen molar-refractivity contribution in [2.45, 2.75) is 88.3 Å². The zero-order valence-corrected chi connectivity index (χ0v) is 49.8. The number of esters is 2. The molecule has 15 nitrogen and oxygen atoms in total. The highest BCUT2D eigenvalue weighted by molar-refractivity contribution is 8.14. The van der Waals surface area contributed by atoms with Gasteiger partial charge in [-0.05, 0) is 78.1 Å². The van der Waals surface area contributed by atoms with Crippen LogP contribution in [0.2, 0.25) is 0 Å². The molecule has 5 aromatic rings. The second-order valence-corrected chi connectivity index (χ2v) is 25.0. The molecule has 426 valence electrons. The molecule has 10 atom stereocenters. The van der Waals surface area contributed by atoms with E-state index in [-0.39, 0.29) is 65.0 Å². The van der Waals surface area contributed by atoms with Crippen LogP contribution in [0.4, 0.5) is 0 Å². The van der Waals surface area contributed by atoms with Gasteiger partial charge in [-0.1, -0.05) is 153 Å². The van der Waals surface area contributed by atoms with Crippen LogP contribution in [0.1, 0.15) is 38.8 Å². The topological polar surface area (TPSA) is 156 Å². The molecule has 9 rings (SSSR count). The van der Waals surface area contributed by atoms with Gasteiger partial charge in [0.1, 0.15) is 46.8 Å². The van der Waals surface area contributed by atoms with Gasteiger partial charge in [0.2, 0.25) is 0 Å². The second kappa shape index (κ2) is 30.0. The number of amidine groups is 2. The third-order valence-electron chi connectivity index (χ3n) is 13.7. The van der Waals surface area contributed by atoms with E-state index in [4.69, 9.17) is 47.9 Å². The van der Waals surface area contributed by atoms with Crippen molar-refractivity contribution in [1.29, 1.82) is 0 Å². The molecule has 5 aromatic carbocycles. The second-order valence-electron chi connectivity index (χ2n) is 19.6. The summed E-state index contributed by atoms with van der Waals surface area (Å²) in [6.45, 7) is 7.08. The number of fused-ring (bicyclic) bond motifs is 2. The van der Waals surface area contributed by atoms with Crippen LogP contribution < -0.4 is 25.4 Å². The van der Waals surface area contributed by atoms with Gasteiger partial charge in [0, 0.05) is 51.9 Å². The first kappa shape index (κ1) is 61.4. The van der Waals surface area contributed by atoms with E-state index in [9.17, 15) is 14.4 Å². The van der Waals surface area contributed by atoms with Crippen LogP contribution in [-0.2, 0) is 56.0 Å². The first-order valence-electron chi connectivity index (χ1n) is 26.7. The van der Waals surface area contributed by atoms with E-state index < -0.39 is 13.0 Å². The molecule has 4 heterocycles. The summed E-state index contributed by atoms with van der Waals surface area (Å²) in [7, 11) is 11.1. The van der Waals surface area contributed by atoms with E-state index in [0.717, 1.165) is 55.2 Å². The molecule has 0 unspecified atom stereocenters. The summed E-state index contributed by atoms with van der Waals surface area (Å²) in [4.78, 5) is 49.3. The minimum absolute atomic E-state index is 0.0148. The predicted octanol–water partition coefficient (Wildman–Crippen LogP) is 8.61. The molecule has 0 N–H and O–H groups in total. The number of ether oxygens (including phenoxy) is 8. The molecule has 0 saturated carbocycles. The summed E-state index contributed by atoms with van der Waals surface area (Å²) >= 11 is 3.14. The number of nitrogens with zero attached hydrogens (tertiary/aromatic N) is 4. The molecule has 80 heavy (non-hydrogen) atoms. The molecule has 18 heteroatoms. The lowest BCUT2D eigenvalue weighted by Crippen LogP contribution is -2.51. The van der Waals surface area contributed by atoms with Gasteiger partial charge in [0.05, 0.1) is 59.0 Å². The van der Waals surface area contributed by atoms with E-state index in [1.807, 2.05) is 155 Å². The minimum Gasteiger partial charge on any atom is -0.497 e. The molecule has 0 bridgehead atoms. The van der Waals surface area contributed by atoms with Crippen LogP contribution in [0.25, 0.3) is 0 Å². The normalized spacial score (nSPS) is 23.7. The molecule has 2 fully saturated rings. The standard InChI is InChI=1S/C22H30N2O5S.C22H21O2P.C18H24N2O4S/c1-6-27-18(25)12-11-17-14(2)20(19-21(29-17)30-22(23-19)24(3)4)28-13-15-7-9-16(26-5)10-8-15;1-2-24-22(23)18-25(19-12-6-3-7-13-19,20-14-8-4-9-15-20)21-16-10-5-11-17-21;1-11-14(9-21)24-17-15(19-18(25-17)20(2)3)16(11)23-10-12-5-7-13(22-4)8-6-12/h7-12,14,17,19-21H,6,13H2,1-5H3;3-18H,2H2,1H3;5-9,11,14-17H,10H2,1-4H3/b12-11+;;/t14-,17-,19-,20+,21-;;11-,14-,15-,16+,17-/m1.1/s1. The Kier molecular flexibility index (Phi) is 23.1. The number of hydrogen-bond donors (Lipinski definition) is 0. The summed E-state index contributed by atoms with van der Waals surface area (Å²) in [5.74, 6) is 2.76. The van der Waals surface area contributed by atoms with E-state index in [1.165, 1.54) is 6.08 Å². The Hall–Kier alpha value is -6.17. The van der Waals surface area contributed by atoms with E-state index >= 15 is 0 Å². The molecule has 0 radical (unpaired) electrons. The van der Waals surface area contributed by atoms with Crippen LogP contribution in [0.15, 0.2) is 162 Å². The van der Waals surface area contributed by atoms with Crippen molar-refractivity contribution < 1.29 is 52.3 Å². The first-order valence-corrected chi connectivity index (χ1v) is 30.4. The fourth-order valence-electron chi connectivity index (χ4n) is 9.52. The van der Waals surface area contributed by atoms with Crippen molar-refractivity contribution in [1.82, 2.24) is 9.80 Å². The van der Waals surface area contributed by atoms with Crippen molar-refractivity contribution in [3.8, 4) is 11.5 Å². The first-order chi connectivity index (χ1) is 38.7. The van der Waals surface area contributed by atoms with Gasteiger partial charge in [-0.25, -0.2) is 9.59 Å². The van der Waals surface area contributed by atoms with Crippen molar-refractivity contribution in [3.63, 3.8) is 0 Å². The van der Waals surface area contributed by atoms with E-state index in [0.29, 0.717) is 26.4 Å². The number of aliphatic imine (C=N–C) groups is 2. The number of aldehydes is 1. The van der Waals surface area contributed by atoms with Crippen molar-refractivity contribution >= 4 is 80.7 Å². The van der Waals surface area contributed by atoms with Gasteiger partial charge in [-0.15, -0.1) is 0 Å². The summed E-state index contributed by atoms with van der Waals surface area (Å²) in [5.41, 5.74) is 1.79. The Morgan fingerprint density at radius 1 is 0.575 bits per heavy atom. The maximum atomic E-state index is 12.5. The third kappa shape index (κ3) is 15.6. The van der Waals surface area contributed by atoms with Crippen molar-refractivity contribution in [2.24, 2.45) is 21.8 Å². The van der Waals surface area contributed by atoms with E-state index in [1.54, 1.807) is 56.5 Å². The molecule has 2 saturated heterocycles. The van der Waals surface area contributed by atoms with Gasteiger partial charge in [-0.2, -0.15) is 0 Å². The van der Waals surface area contributed by atoms with Gasteiger partial charge < -0.3 is 52.5 Å². The number of hydrogen-bond acceptors (Lipinski definition) is 17. The van der Waals surface area contributed by atoms with Gasteiger partial charge >= 0.3 is 11.9 Å². The molecule has 4 aliphatic rings. The monoisotopic (exact) mass is 1150 g/mol. The van der Waals surface area contributed by atoms with Gasteiger partial charge in [0.25, 0.3) is 0 Å².